The van der Waals surface area contributed by atoms with Crippen LogP contribution in [0.1, 0.15) is 12.8 Å². The van der Waals surface area contributed by atoms with E-state index in [1.165, 1.54) is 0 Å². The molecule has 1 aliphatic heterocycles. The highest BCUT2D eigenvalue weighted by atomic mass is 16.5. The molecule has 0 spiro atoms. The van der Waals surface area contributed by atoms with Gasteiger partial charge in [-0.2, -0.15) is 0 Å². The second kappa shape index (κ2) is 9.16. The van der Waals surface area contributed by atoms with E-state index in [1.54, 1.807) is 14.2 Å². The van der Waals surface area contributed by atoms with Crippen molar-refractivity contribution < 1.29 is 19.0 Å². The minimum atomic E-state index is 0.0272. The molecule has 3 rings (SSSR count). The molecule has 0 radical (unpaired) electrons. The zero-order valence-corrected chi connectivity index (χ0v) is 15.8. The standard InChI is InChI=1S/C21H26N2O4/c1-25-18-8-9-19(20(14-18)26-2)22-16-10-12-23(13-11-16)21(24)15-27-17-6-4-3-5-7-17/h3-9,14,16,22H,10-13,15H2,1-2H3. The summed E-state index contributed by atoms with van der Waals surface area (Å²) >= 11 is 0. The zero-order valence-electron chi connectivity index (χ0n) is 15.8. The summed E-state index contributed by atoms with van der Waals surface area (Å²) in [7, 11) is 3.28. The topological polar surface area (TPSA) is 60.0 Å². The van der Waals surface area contributed by atoms with Gasteiger partial charge in [-0.25, -0.2) is 0 Å². The SMILES string of the molecule is COc1ccc(NC2CCN(C(=O)COc3ccccc3)CC2)c(OC)c1. The third kappa shape index (κ3) is 5.06. The molecule has 0 atom stereocenters. The maximum absolute atomic E-state index is 12.4. The van der Waals surface area contributed by atoms with Crippen molar-refractivity contribution >= 4 is 11.6 Å². The average molecular weight is 370 g/mol. The van der Waals surface area contributed by atoms with Crippen molar-refractivity contribution in [3.8, 4) is 17.2 Å². The van der Waals surface area contributed by atoms with Gasteiger partial charge in [-0.3, -0.25) is 4.79 Å². The van der Waals surface area contributed by atoms with Crippen LogP contribution < -0.4 is 19.5 Å². The number of anilines is 1. The number of hydrogen-bond donors (Lipinski definition) is 1. The largest absolute Gasteiger partial charge is 0.497 e. The Balaban J connectivity index is 1.48. The predicted octanol–water partition coefficient (Wildman–Crippen LogP) is 3.19. The first-order valence-corrected chi connectivity index (χ1v) is 9.14. The van der Waals surface area contributed by atoms with Gasteiger partial charge in [-0.1, -0.05) is 18.2 Å². The van der Waals surface area contributed by atoms with E-state index in [0.717, 1.165) is 30.0 Å². The molecule has 144 valence electrons. The van der Waals surface area contributed by atoms with Crippen molar-refractivity contribution in [1.29, 1.82) is 0 Å². The molecule has 1 saturated heterocycles. The molecule has 0 saturated carbocycles. The molecule has 2 aromatic carbocycles. The highest BCUT2D eigenvalue weighted by molar-refractivity contribution is 5.78. The zero-order chi connectivity index (χ0) is 19.1. The average Bonchev–Trinajstić information content (AvgIpc) is 2.73. The number of hydrogen-bond acceptors (Lipinski definition) is 5. The summed E-state index contributed by atoms with van der Waals surface area (Å²) < 4.78 is 16.2. The Morgan fingerprint density at radius 3 is 2.44 bits per heavy atom. The first kappa shape index (κ1) is 18.9. The van der Waals surface area contributed by atoms with Crippen molar-refractivity contribution in [2.75, 3.05) is 39.2 Å². The van der Waals surface area contributed by atoms with Crippen LogP contribution in [-0.4, -0.2) is 50.8 Å². The Kier molecular flexibility index (Phi) is 6.41. The number of methoxy groups -OCH3 is 2. The third-order valence-electron chi connectivity index (χ3n) is 4.72. The molecule has 0 aromatic heterocycles. The van der Waals surface area contributed by atoms with Crippen molar-refractivity contribution in [3.05, 3.63) is 48.5 Å². The van der Waals surface area contributed by atoms with Gasteiger partial charge in [0.15, 0.2) is 6.61 Å². The smallest absolute Gasteiger partial charge is 0.260 e. The van der Waals surface area contributed by atoms with Gasteiger partial charge in [0.1, 0.15) is 17.2 Å². The number of likely N-dealkylation sites (tertiary alicyclic amines) is 1. The lowest BCUT2D eigenvalue weighted by atomic mass is 10.0. The van der Waals surface area contributed by atoms with Gasteiger partial charge in [0, 0.05) is 25.2 Å². The monoisotopic (exact) mass is 370 g/mol. The van der Waals surface area contributed by atoms with Gasteiger partial charge in [0.25, 0.3) is 5.91 Å². The highest BCUT2D eigenvalue weighted by Crippen LogP contribution is 2.30. The molecule has 27 heavy (non-hydrogen) atoms. The maximum atomic E-state index is 12.4. The number of rotatable bonds is 7. The van der Waals surface area contributed by atoms with Crippen LogP contribution in [0.5, 0.6) is 17.2 Å². The summed E-state index contributed by atoms with van der Waals surface area (Å²) in [5, 5.41) is 3.52. The molecule has 1 fully saturated rings. The van der Waals surface area contributed by atoms with Gasteiger partial charge in [0.05, 0.1) is 19.9 Å². The Bertz CT molecular complexity index is 743. The van der Waals surface area contributed by atoms with E-state index in [-0.39, 0.29) is 12.5 Å². The lowest BCUT2D eigenvalue weighted by molar-refractivity contribution is -0.134. The van der Waals surface area contributed by atoms with Gasteiger partial charge in [-0.15, -0.1) is 0 Å². The van der Waals surface area contributed by atoms with Gasteiger partial charge in [-0.05, 0) is 37.1 Å². The van der Waals surface area contributed by atoms with Crippen molar-refractivity contribution in [1.82, 2.24) is 4.90 Å². The summed E-state index contributed by atoms with van der Waals surface area (Å²) in [4.78, 5) is 14.2. The van der Waals surface area contributed by atoms with Crippen LogP contribution in [0.4, 0.5) is 5.69 Å². The van der Waals surface area contributed by atoms with Crippen molar-refractivity contribution in [3.63, 3.8) is 0 Å². The van der Waals surface area contributed by atoms with E-state index < -0.39 is 0 Å². The molecule has 0 bridgehead atoms. The molecule has 0 aliphatic carbocycles. The lowest BCUT2D eigenvalue weighted by Crippen LogP contribution is -2.44. The molecule has 6 nitrogen and oxygen atoms in total. The number of nitrogens with zero attached hydrogens (tertiary/aromatic N) is 1. The third-order valence-corrected chi connectivity index (χ3v) is 4.72. The Hall–Kier alpha value is -2.89. The number of carbonyl (C=O) groups excluding carboxylic acids is 1. The molecule has 1 aliphatic rings. The number of benzene rings is 2. The van der Waals surface area contributed by atoms with E-state index >= 15 is 0 Å². The summed E-state index contributed by atoms with van der Waals surface area (Å²) in [6.07, 6.45) is 1.76. The lowest BCUT2D eigenvalue weighted by Gasteiger charge is -2.33. The number of carbonyl (C=O) groups is 1. The molecular weight excluding hydrogens is 344 g/mol. The van der Waals surface area contributed by atoms with Crippen LogP contribution in [0.3, 0.4) is 0 Å². The van der Waals surface area contributed by atoms with E-state index in [9.17, 15) is 4.79 Å². The van der Waals surface area contributed by atoms with Gasteiger partial charge < -0.3 is 24.4 Å². The van der Waals surface area contributed by atoms with E-state index in [4.69, 9.17) is 14.2 Å². The van der Waals surface area contributed by atoms with Crippen LogP contribution in [0.2, 0.25) is 0 Å². The Morgan fingerprint density at radius 1 is 1.04 bits per heavy atom. The summed E-state index contributed by atoms with van der Waals surface area (Å²) in [6, 6.07) is 15.4. The second-order valence-corrected chi connectivity index (χ2v) is 6.47. The van der Waals surface area contributed by atoms with Crippen molar-refractivity contribution in [2.24, 2.45) is 0 Å². The Morgan fingerprint density at radius 2 is 1.78 bits per heavy atom. The fourth-order valence-electron chi connectivity index (χ4n) is 3.16. The summed E-state index contributed by atoms with van der Waals surface area (Å²) in [5.74, 6) is 2.26. The first-order valence-electron chi connectivity index (χ1n) is 9.14. The molecule has 6 heteroatoms. The molecule has 1 N–H and O–H groups in total. The van der Waals surface area contributed by atoms with E-state index in [1.807, 2.05) is 53.4 Å². The minimum absolute atomic E-state index is 0.0272. The van der Waals surface area contributed by atoms with Crippen LogP contribution >= 0.6 is 0 Å². The van der Waals surface area contributed by atoms with E-state index in [2.05, 4.69) is 5.32 Å². The van der Waals surface area contributed by atoms with Crippen LogP contribution in [0.25, 0.3) is 0 Å². The number of para-hydroxylation sites is 1. The molecule has 0 unspecified atom stereocenters. The fraction of sp³-hybridized carbons (Fsp3) is 0.381. The van der Waals surface area contributed by atoms with Crippen molar-refractivity contribution in [2.45, 2.75) is 18.9 Å². The van der Waals surface area contributed by atoms with Gasteiger partial charge in [0.2, 0.25) is 0 Å². The predicted molar refractivity (Wildman–Crippen MR) is 105 cm³/mol. The first-order chi connectivity index (χ1) is 13.2. The number of amides is 1. The van der Waals surface area contributed by atoms with Crippen LogP contribution in [0, 0.1) is 0 Å². The quantitative estimate of drug-likeness (QED) is 0.811. The molecular formula is C21H26N2O4. The van der Waals surface area contributed by atoms with E-state index in [0.29, 0.717) is 24.9 Å². The fourth-order valence-corrected chi connectivity index (χ4v) is 3.16. The molecule has 1 amide bonds. The molecule has 2 aromatic rings. The number of nitrogens with one attached hydrogen (secondary N) is 1. The Labute approximate surface area is 160 Å². The minimum Gasteiger partial charge on any atom is -0.497 e. The molecule has 1 heterocycles. The summed E-state index contributed by atoms with van der Waals surface area (Å²) in [5.41, 5.74) is 0.940. The van der Waals surface area contributed by atoms with Gasteiger partial charge >= 0.3 is 0 Å². The van der Waals surface area contributed by atoms with Crippen LogP contribution in [0.15, 0.2) is 48.5 Å². The number of ether oxygens (including phenoxy) is 3. The maximum Gasteiger partial charge on any atom is 0.260 e. The highest BCUT2D eigenvalue weighted by Gasteiger charge is 2.23. The number of piperidine rings is 1. The summed E-state index contributed by atoms with van der Waals surface area (Å²) in [6.45, 7) is 1.51. The second-order valence-electron chi connectivity index (χ2n) is 6.47. The van der Waals surface area contributed by atoms with Crippen LogP contribution in [-0.2, 0) is 4.79 Å². The normalized spacial score (nSPS) is 14.5.